The molecule has 2 aliphatic rings. The van der Waals surface area contributed by atoms with Gasteiger partial charge in [-0.3, -0.25) is 14.2 Å². The summed E-state index contributed by atoms with van der Waals surface area (Å²) in [5, 5.41) is 2.87. The Kier molecular flexibility index (Phi) is 5.67. The Morgan fingerprint density at radius 2 is 1.88 bits per heavy atom. The van der Waals surface area contributed by atoms with Gasteiger partial charge in [0, 0.05) is 12.6 Å². The van der Waals surface area contributed by atoms with Gasteiger partial charge in [0.2, 0.25) is 11.7 Å². The summed E-state index contributed by atoms with van der Waals surface area (Å²) in [6.45, 7) is 0.0126. The molecule has 0 aromatic carbocycles. The Morgan fingerprint density at radius 1 is 1.16 bits per heavy atom. The zero-order valence-electron chi connectivity index (χ0n) is 14.2. The maximum Gasteiger partial charge on any atom is 0.333 e. The highest BCUT2D eigenvalue weighted by atomic mass is 19.1. The van der Waals surface area contributed by atoms with E-state index in [0.29, 0.717) is 17.6 Å². The molecule has 1 aliphatic carbocycles. The Morgan fingerprint density at radius 3 is 2.52 bits per heavy atom. The SMILES string of the molecule is O=C(Cn1c(=O)c(F)cn(C2CCCO2)c1=O)NC1CCCCCC1. The maximum absolute atomic E-state index is 14.0. The summed E-state index contributed by atoms with van der Waals surface area (Å²) in [4.78, 5) is 36.8. The molecule has 138 valence electrons. The highest BCUT2D eigenvalue weighted by Crippen LogP contribution is 2.20. The number of halogens is 1. The van der Waals surface area contributed by atoms with Crippen molar-refractivity contribution in [2.75, 3.05) is 6.61 Å². The first kappa shape index (κ1) is 17.8. The van der Waals surface area contributed by atoms with Gasteiger partial charge in [0.25, 0.3) is 5.56 Å². The fourth-order valence-corrected chi connectivity index (χ4v) is 3.55. The second kappa shape index (κ2) is 7.95. The second-order valence-electron chi connectivity index (χ2n) is 6.78. The van der Waals surface area contributed by atoms with Crippen LogP contribution in [0, 0.1) is 5.82 Å². The third kappa shape index (κ3) is 4.18. The van der Waals surface area contributed by atoms with Gasteiger partial charge in [-0.1, -0.05) is 25.7 Å². The number of rotatable bonds is 4. The molecule has 1 amide bonds. The molecule has 1 saturated carbocycles. The standard InChI is InChI=1S/C17H24FN3O4/c18-13-10-20(15-8-5-9-25-15)17(24)21(16(13)23)11-14(22)19-12-6-3-1-2-4-7-12/h10,12,15H,1-9,11H2,(H,19,22). The highest BCUT2D eigenvalue weighted by Gasteiger charge is 2.23. The number of amides is 1. The fraction of sp³-hybridized carbons (Fsp3) is 0.706. The fourth-order valence-electron chi connectivity index (χ4n) is 3.55. The quantitative estimate of drug-likeness (QED) is 0.827. The number of nitrogens with zero attached hydrogens (tertiary/aromatic N) is 2. The van der Waals surface area contributed by atoms with Crippen LogP contribution >= 0.6 is 0 Å². The van der Waals surface area contributed by atoms with Crippen molar-refractivity contribution in [1.82, 2.24) is 14.5 Å². The first-order valence-corrected chi connectivity index (χ1v) is 8.98. The van der Waals surface area contributed by atoms with Crippen LogP contribution in [0.2, 0.25) is 0 Å². The molecule has 1 aromatic heterocycles. The van der Waals surface area contributed by atoms with E-state index in [2.05, 4.69) is 5.32 Å². The second-order valence-corrected chi connectivity index (χ2v) is 6.78. The van der Waals surface area contributed by atoms with Crippen LogP contribution < -0.4 is 16.6 Å². The average Bonchev–Trinajstić information content (AvgIpc) is 3.00. The minimum atomic E-state index is -1.07. The van der Waals surface area contributed by atoms with E-state index in [9.17, 15) is 18.8 Å². The van der Waals surface area contributed by atoms with Crippen molar-refractivity contribution in [1.29, 1.82) is 0 Å². The van der Waals surface area contributed by atoms with E-state index in [1.807, 2.05) is 0 Å². The van der Waals surface area contributed by atoms with Crippen molar-refractivity contribution in [2.24, 2.45) is 0 Å². The van der Waals surface area contributed by atoms with Crippen LogP contribution in [0.25, 0.3) is 0 Å². The summed E-state index contributed by atoms with van der Waals surface area (Å²) < 4.78 is 21.1. The molecule has 1 aromatic rings. The van der Waals surface area contributed by atoms with Crippen molar-refractivity contribution in [2.45, 2.75) is 70.2 Å². The van der Waals surface area contributed by atoms with Crippen molar-refractivity contribution in [3.8, 4) is 0 Å². The van der Waals surface area contributed by atoms with Gasteiger partial charge in [-0.05, 0) is 25.7 Å². The maximum atomic E-state index is 14.0. The molecule has 2 fully saturated rings. The zero-order chi connectivity index (χ0) is 17.8. The number of carbonyl (C=O) groups is 1. The lowest BCUT2D eigenvalue weighted by Gasteiger charge is -2.18. The van der Waals surface area contributed by atoms with E-state index in [1.165, 1.54) is 0 Å². The van der Waals surface area contributed by atoms with Crippen molar-refractivity contribution < 1.29 is 13.9 Å². The molecular weight excluding hydrogens is 329 g/mol. The van der Waals surface area contributed by atoms with Gasteiger partial charge >= 0.3 is 5.69 Å². The summed E-state index contributed by atoms with van der Waals surface area (Å²) in [6.07, 6.45) is 7.83. The van der Waals surface area contributed by atoms with E-state index in [-0.39, 0.29) is 6.04 Å². The van der Waals surface area contributed by atoms with Crippen molar-refractivity contribution in [3.05, 3.63) is 32.9 Å². The Hall–Kier alpha value is -1.96. The Bertz CT molecular complexity index is 728. The molecule has 0 bridgehead atoms. The highest BCUT2D eigenvalue weighted by molar-refractivity contribution is 5.76. The molecule has 2 heterocycles. The predicted octanol–water partition coefficient (Wildman–Crippen LogP) is 1.30. The Balaban J connectivity index is 1.77. The Labute approximate surface area is 144 Å². The lowest BCUT2D eigenvalue weighted by Crippen LogP contribution is -2.47. The molecule has 1 atom stereocenters. The van der Waals surface area contributed by atoms with Crippen LogP contribution in [0.1, 0.15) is 57.6 Å². The monoisotopic (exact) mass is 353 g/mol. The number of nitrogens with one attached hydrogen (secondary N) is 1. The molecule has 8 heteroatoms. The molecule has 0 radical (unpaired) electrons. The predicted molar refractivity (Wildman–Crippen MR) is 88.8 cm³/mol. The van der Waals surface area contributed by atoms with Gasteiger partial charge in [0.05, 0.1) is 6.20 Å². The van der Waals surface area contributed by atoms with Crippen molar-refractivity contribution >= 4 is 5.91 Å². The van der Waals surface area contributed by atoms with Gasteiger partial charge in [0.15, 0.2) is 0 Å². The van der Waals surface area contributed by atoms with Crippen LogP contribution in [-0.4, -0.2) is 27.7 Å². The van der Waals surface area contributed by atoms with Crippen molar-refractivity contribution in [3.63, 3.8) is 0 Å². The zero-order valence-corrected chi connectivity index (χ0v) is 14.2. The molecule has 1 unspecified atom stereocenters. The molecule has 0 spiro atoms. The summed E-state index contributed by atoms with van der Waals surface area (Å²) in [6, 6.07) is 0.0552. The average molecular weight is 353 g/mol. The van der Waals surface area contributed by atoms with E-state index in [1.54, 1.807) is 0 Å². The molecule has 1 saturated heterocycles. The van der Waals surface area contributed by atoms with E-state index in [4.69, 9.17) is 4.74 Å². The lowest BCUT2D eigenvalue weighted by molar-refractivity contribution is -0.122. The van der Waals surface area contributed by atoms with Crippen LogP contribution in [-0.2, 0) is 16.1 Å². The van der Waals surface area contributed by atoms with Crippen LogP contribution in [0.5, 0.6) is 0 Å². The molecular formula is C17H24FN3O4. The number of ether oxygens (including phenoxy) is 1. The third-order valence-electron chi connectivity index (χ3n) is 4.89. The lowest BCUT2D eigenvalue weighted by atomic mass is 10.1. The smallest absolute Gasteiger partial charge is 0.333 e. The normalized spacial score (nSPS) is 21.9. The largest absolute Gasteiger partial charge is 0.358 e. The van der Waals surface area contributed by atoms with Gasteiger partial charge in [-0.15, -0.1) is 0 Å². The molecule has 1 aliphatic heterocycles. The number of hydrogen-bond acceptors (Lipinski definition) is 4. The van der Waals surface area contributed by atoms with E-state index < -0.39 is 35.7 Å². The van der Waals surface area contributed by atoms with Gasteiger partial charge in [-0.25, -0.2) is 9.36 Å². The minimum Gasteiger partial charge on any atom is -0.358 e. The topological polar surface area (TPSA) is 82.3 Å². The third-order valence-corrected chi connectivity index (χ3v) is 4.89. The summed E-state index contributed by atoms with van der Waals surface area (Å²) in [7, 11) is 0. The van der Waals surface area contributed by atoms with E-state index >= 15 is 0 Å². The van der Waals surface area contributed by atoms with Crippen LogP contribution in [0.3, 0.4) is 0 Å². The molecule has 1 N–H and O–H groups in total. The first-order valence-electron chi connectivity index (χ1n) is 8.98. The first-order chi connectivity index (χ1) is 12.1. The summed E-state index contributed by atoms with van der Waals surface area (Å²) in [5.41, 5.74) is -1.79. The molecule has 7 nitrogen and oxygen atoms in total. The van der Waals surface area contributed by atoms with Crippen LogP contribution in [0.4, 0.5) is 4.39 Å². The van der Waals surface area contributed by atoms with Gasteiger partial charge in [0.1, 0.15) is 12.8 Å². The molecule has 25 heavy (non-hydrogen) atoms. The van der Waals surface area contributed by atoms with Crippen LogP contribution in [0.15, 0.2) is 15.8 Å². The van der Waals surface area contributed by atoms with E-state index in [0.717, 1.165) is 55.7 Å². The van der Waals surface area contributed by atoms with Gasteiger partial charge in [-0.2, -0.15) is 4.39 Å². The summed E-state index contributed by atoms with van der Waals surface area (Å²) in [5.74, 6) is -1.49. The summed E-state index contributed by atoms with van der Waals surface area (Å²) >= 11 is 0. The molecule has 3 rings (SSSR count). The minimum absolute atomic E-state index is 0.0552. The number of hydrogen-bond donors (Lipinski definition) is 1. The number of carbonyl (C=O) groups excluding carboxylic acids is 1. The number of aromatic nitrogens is 2. The van der Waals surface area contributed by atoms with Gasteiger partial charge < -0.3 is 10.1 Å².